The number of anilines is 1. The van der Waals surface area contributed by atoms with Crippen LogP contribution in [0.15, 0.2) is 42.5 Å². The van der Waals surface area contributed by atoms with Crippen molar-refractivity contribution < 1.29 is 18.3 Å². The predicted molar refractivity (Wildman–Crippen MR) is 90.7 cm³/mol. The molecule has 5 nitrogen and oxygen atoms in total. The molecule has 0 unspecified atom stereocenters. The van der Waals surface area contributed by atoms with Crippen LogP contribution in [0, 0.1) is 0 Å². The molecule has 0 fully saturated rings. The van der Waals surface area contributed by atoms with Crippen LogP contribution in [0.25, 0.3) is 11.0 Å². The minimum Gasteiger partial charge on any atom is -0.451 e. The van der Waals surface area contributed by atoms with Gasteiger partial charge < -0.3 is 10.5 Å². The fourth-order valence-electron chi connectivity index (χ4n) is 2.55. The zero-order valence-electron chi connectivity index (χ0n) is 13.1. The van der Waals surface area contributed by atoms with Crippen LogP contribution < -0.4 is 5.73 Å². The van der Waals surface area contributed by atoms with Gasteiger partial charge in [-0.15, -0.1) is 0 Å². The van der Waals surface area contributed by atoms with Gasteiger partial charge >= 0.3 is 12.5 Å². The average Bonchev–Trinajstić information content (AvgIpc) is 2.94. The molecule has 0 aliphatic carbocycles. The van der Waals surface area contributed by atoms with Gasteiger partial charge in [0.1, 0.15) is 0 Å². The molecule has 0 amide bonds. The molecule has 0 saturated heterocycles. The summed E-state index contributed by atoms with van der Waals surface area (Å²) in [5.41, 5.74) is 6.66. The number of esters is 1. The first kappa shape index (κ1) is 17.2. The molecule has 8 heteroatoms. The van der Waals surface area contributed by atoms with E-state index in [9.17, 15) is 13.6 Å². The van der Waals surface area contributed by atoms with E-state index in [0.29, 0.717) is 10.5 Å². The summed E-state index contributed by atoms with van der Waals surface area (Å²) >= 11 is 5.80. The number of fused-ring (bicyclic) bond motifs is 1. The number of para-hydroxylation sites is 2. The van der Waals surface area contributed by atoms with Gasteiger partial charge in [0.2, 0.25) is 0 Å². The van der Waals surface area contributed by atoms with E-state index >= 15 is 0 Å². The number of hydrogen-bond acceptors (Lipinski definition) is 4. The van der Waals surface area contributed by atoms with Gasteiger partial charge in [-0.1, -0.05) is 23.7 Å². The summed E-state index contributed by atoms with van der Waals surface area (Å²) in [4.78, 5) is 16.5. The van der Waals surface area contributed by atoms with E-state index in [1.54, 1.807) is 18.2 Å². The van der Waals surface area contributed by atoms with Crippen LogP contribution in [-0.2, 0) is 4.74 Å². The maximum absolute atomic E-state index is 13.5. The molecule has 0 aliphatic heterocycles. The van der Waals surface area contributed by atoms with Gasteiger partial charge in [0.25, 0.3) is 0 Å². The number of nitrogens with two attached hydrogens (primary N) is 1. The Bertz CT molecular complexity index is 943. The van der Waals surface area contributed by atoms with Gasteiger partial charge in [-0.25, -0.2) is 9.78 Å². The fourth-order valence-corrected chi connectivity index (χ4v) is 2.73. The average molecular weight is 366 g/mol. The lowest BCUT2D eigenvalue weighted by molar-refractivity contribution is 0.0234. The molecule has 0 radical (unpaired) electrons. The zero-order valence-corrected chi connectivity index (χ0v) is 13.9. The molecule has 1 aromatic heterocycles. The number of nitrogen functional groups attached to an aromatic ring is 1. The molecule has 3 aromatic rings. The quantitative estimate of drug-likeness (QED) is 0.542. The molecule has 0 spiro atoms. The Balaban J connectivity index is 1.93. The highest BCUT2D eigenvalue weighted by Crippen LogP contribution is 2.29. The third kappa shape index (κ3) is 3.28. The molecule has 0 aliphatic rings. The standard InChI is InChI=1S/C17H14ClF2N3O2/c1-9(25-16(24)11-7-6-10(18)8-12(11)21)15-22-13-4-2-3-5-14(13)23(15)17(19)20/h2-9,17H,21H2,1H3/t9-/m0/s1. The first-order valence-corrected chi connectivity index (χ1v) is 7.77. The number of benzene rings is 2. The van der Waals surface area contributed by atoms with E-state index in [2.05, 4.69) is 4.98 Å². The number of carbonyl (C=O) groups is 1. The van der Waals surface area contributed by atoms with Crippen LogP contribution in [0.4, 0.5) is 14.5 Å². The predicted octanol–water partition coefficient (Wildman–Crippen LogP) is 4.59. The summed E-state index contributed by atoms with van der Waals surface area (Å²) < 4.78 is 33.0. The van der Waals surface area contributed by atoms with Gasteiger partial charge in [-0.2, -0.15) is 8.78 Å². The Kier molecular flexibility index (Phi) is 4.59. The fraction of sp³-hybridized carbons (Fsp3) is 0.176. The van der Waals surface area contributed by atoms with E-state index in [-0.39, 0.29) is 22.6 Å². The molecule has 0 saturated carbocycles. The minimum atomic E-state index is -2.82. The van der Waals surface area contributed by atoms with Crippen LogP contribution in [0.1, 0.15) is 35.8 Å². The monoisotopic (exact) mass is 365 g/mol. The van der Waals surface area contributed by atoms with Crippen molar-refractivity contribution in [2.75, 3.05) is 5.73 Å². The highest BCUT2D eigenvalue weighted by Gasteiger charge is 2.25. The van der Waals surface area contributed by atoms with E-state index in [0.717, 1.165) is 4.57 Å². The van der Waals surface area contributed by atoms with Gasteiger partial charge in [-0.05, 0) is 37.3 Å². The summed E-state index contributed by atoms with van der Waals surface area (Å²) in [6, 6.07) is 10.8. The van der Waals surface area contributed by atoms with Gasteiger partial charge in [0, 0.05) is 10.7 Å². The smallest absolute Gasteiger partial charge is 0.340 e. The van der Waals surface area contributed by atoms with Crippen molar-refractivity contribution in [3.8, 4) is 0 Å². The van der Waals surface area contributed by atoms with Crippen molar-refractivity contribution in [3.05, 3.63) is 58.9 Å². The van der Waals surface area contributed by atoms with E-state index in [1.807, 2.05) is 0 Å². The molecule has 25 heavy (non-hydrogen) atoms. The van der Waals surface area contributed by atoms with Crippen molar-refractivity contribution >= 4 is 34.3 Å². The molecule has 2 aromatic carbocycles. The number of alkyl halides is 2. The third-order valence-corrected chi connectivity index (χ3v) is 3.93. The van der Waals surface area contributed by atoms with E-state index in [1.165, 1.54) is 31.2 Å². The first-order chi connectivity index (χ1) is 11.9. The number of ether oxygens (including phenoxy) is 1. The zero-order chi connectivity index (χ0) is 18.1. The number of hydrogen-bond donors (Lipinski definition) is 1. The number of rotatable bonds is 4. The van der Waals surface area contributed by atoms with Crippen LogP contribution in [0.5, 0.6) is 0 Å². The van der Waals surface area contributed by atoms with Crippen molar-refractivity contribution in [1.29, 1.82) is 0 Å². The Morgan fingerprint density at radius 3 is 2.68 bits per heavy atom. The molecule has 1 atom stereocenters. The normalized spacial score (nSPS) is 12.5. The van der Waals surface area contributed by atoms with Gasteiger partial charge in [-0.3, -0.25) is 4.57 Å². The molecular weight excluding hydrogens is 352 g/mol. The first-order valence-electron chi connectivity index (χ1n) is 7.39. The highest BCUT2D eigenvalue weighted by atomic mass is 35.5. The maximum Gasteiger partial charge on any atom is 0.340 e. The molecule has 2 N–H and O–H groups in total. The molecular formula is C17H14ClF2N3O2. The van der Waals surface area contributed by atoms with Crippen molar-refractivity contribution in [2.24, 2.45) is 0 Å². The second-order valence-electron chi connectivity index (χ2n) is 5.39. The molecule has 3 rings (SSSR count). The van der Waals surface area contributed by atoms with E-state index < -0.39 is 18.6 Å². The number of halogens is 3. The Labute approximate surface area is 147 Å². The summed E-state index contributed by atoms with van der Waals surface area (Å²) in [6.07, 6.45) is -0.996. The van der Waals surface area contributed by atoms with Crippen LogP contribution in [0.3, 0.4) is 0 Å². The lowest BCUT2D eigenvalue weighted by atomic mass is 10.2. The third-order valence-electron chi connectivity index (χ3n) is 3.70. The van der Waals surface area contributed by atoms with Gasteiger partial charge in [0.05, 0.1) is 16.6 Å². The number of aromatic nitrogens is 2. The summed E-state index contributed by atoms with van der Waals surface area (Å²) in [5, 5.41) is 0.376. The Morgan fingerprint density at radius 1 is 1.28 bits per heavy atom. The van der Waals surface area contributed by atoms with Crippen molar-refractivity contribution in [2.45, 2.75) is 19.6 Å². The van der Waals surface area contributed by atoms with E-state index in [4.69, 9.17) is 22.1 Å². The van der Waals surface area contributed by atoms with Crippen molar-refractivity contribution in [1.82, 2.24) is 9.55 Å². The summed E-state index contributed by atoms with van der Waals surface area (Å²) in [5.74, 6) is -0.786. The number of nitrogens with zero attached hydrogens (tertiary/aromatic N) is 2. The number of imidazole rings is 1. The minimum absolute atomic E-state index is 0.0444. The Morgan fingerprint density at radius 2 is 2.00 bits per heavy atom. The van der Waals surface area contributed by atoms with Crippen LogP contribution in [0.2, 0.25) is 5.02 Å². The molecule has 130 valence electrons. The lowest BCUT2D eigenvalue weighted by Gasteiger charge is -2.15. The maximum atomic E-state index is 13.5. The number of carbonyl (C=O) groups excluding carboxylic acids is 1. The summed E-state index contributed by atoms with van der Waals surface area (Å²) in [6.45, 7) is -1.34. The van der Waals surface area contributed by atoms with Crippen LogP contribution in [-0.4, -0.2) is 15.5 Å². The Hall–Kier alpha value is -2.67. The topological polar surface area (TPSA) is 70.1 Å². The SMILES string of the molecule is C[C@H](OC(=O)c1ccc(Cl)cc1N)c1nc2ccccc2n1C(F)F. The largest absolute Gasteiger partial charge is 0.451 e. The second kappa shape index (κ2) is 6.68. The van der Waals surface area contributed by atoms with Crippen molar-refractivity contribution in [3.63, 3.8) is 0 Å². The second-order valence-corrected chi connectivity index (χ2v) is 5.82. The lowest BCUT2D eigenvalue weighted by Crippen LogP contribution is -2.15. The molecule has 1 heterocycles. The van der Waals surface area contributed by atoms with Crippen LogP contribution >= 0.6 is 11.6 Å². The molecule has 0 bridgehead atoms. The highest BCUT2D eigenvalue weighted by molar-refractivity contribution is 6.31. The van der Waals surface area contributed by atoms with Gasteiger partial charge in [0.15, 0.2) is 11.9 Å². The summed E-state index contributed by atoms with van der Waals surface area (Å²) in [7, 11) is 0.